The highest BCUT2D eigenvalue weighted by molar-refractivity contribution is 7.91. The number of aromatic amines is 1. The molecule has 1 amide bonds. The molecule has 0 fully saturated rings. The van der Waals surface area contributed by atoms with Crippen LogP contribution in [0.4, 0.5) is 17.6 Å². The first-order chi connectivity index (χ1) is 16.5. The minimum Gasteiger partial charge on any atom is -0.484 e. The van der Waals surface area contributed by atoms with Crippen LogP contribution in [0.2, 0.25) is 0 Å². The summed E-state index contributed by atoms with van der Waals surface area (Å²) in [5, 5.41) is 9.86. The summed E-state index contributed by atoms with van der Waals surface area (Å²) in [5.74, 6) is -2.03. The van der Waals surface area contributed by atoms with Crippen LogP contribution in [0.25, 0.3) is 11.0 Å². The van der Waals surface area contributed by atoms with E-state index in [2.05, 4.69) is 25.2 Å². The number of carbonyl (C=O) groups excluding carboxylic acids is 1. The number of nitrogens with one attached hydrogen (secondary N) is 2. The molecule has 8 nitrogen and oxygen atoms in total. The van der Waals surface area contributed by atoms with Gasteiger partial charge in [0.15, 0.2) is 12.3 Å². The second-order valence-electron chi connectivity index (χ2n) is 7.39. The Kier molecular flexibility index (Phi) is 6.43. The number of benzene rings is 2. The molecular weight excluding hydrogens is 492 g/mol. The predicted octanol–water partition coefficient (Wildman–Crippen LogP) is 3.80. The lowest BCUT2D eigenvalue weighted by Gasteiger charge is -2.11. The second kappa shape index (κ2) is 9.33. The minimum absolute atomic E-state index is 0.0813. The van der Waals surface area contributed by atoms with Crippen LogP contribution in [0.15, 0.2) is 70.7 Å². The van der Waals surface area contributed by atoms with E-state index < -0.39 is 45.0 Å². The van der Waals surface area contributed by atoms with Crippen LogP contribution in [0.3, 0.4) is 0 Å². The Morgan fingerprint density at radius 1 is 1.03 bits per heavy atom. The molecule has 0 aliphatic carbocycles. The van der Waals surface area contributed by atoms with Gasteiger partial charge in [0, 0.05) is 24.2 Å². The minimum atomic E-state index is -4.67. The highest BCUT2D eigenvalue weighted by Crippen LogP contribution is 2.27. The van der Waals surface area contributed by atoms with Crippen LogP contribution in [0.5, 0.6) is 5.75 Å². The molecule has 0 atom stereocenters. The topological polar surface area (TPSA) is 114 Å². The molecule has 0 aliphatic rings. The summed E-state index contributed by atoms with van der Waals surface area (Å²) in [7, 11) is -4.25. The van der Waals surface area contributed by atoms with Gasteiger partial charge in [-0.2, -0.15) is 18.3 Å². The number of aromatic nitrogens is 3. The molecule has 0 saturated carbocycles. The molecule has 13 heteroatoms. The normalized spacial score (nSPS) is 12.0. The van der Waals surface area contributed by atoms with Crippen molar-refractivity contribution in [3.63, 3.8) is 0 Å². The number of hydrogen-bond donors (Lipinski definition) is 2. The van der Waals surface area contributed by atoms with Gasteiger partial charge in [-0.3, -0.25) is 9.89 Å². The average Bonchev–Trinajstić information content (AvgIpc) is 3.29. The maximum Gasteiger partial charge on any atom is 0.422 e. The van der Waals surface area contributed by atoms with Gasteiger partial charge in [0.25, 0.3) is 5.91 Å². The molecule has 182 valence electrons. The van der Waals surface area contributed by atoms with Gasteiger partial charge < -0.3 is 10.1 Å². The molecule has 0 bridgehead atoms. The number of alkyl halides is 3. The zero-order chi connectivity index (χ0) is 25.2. The number of rotatable bonds is 7. The van der Waals surface area contributed by atoms with E-state index in [-0.39, 0.29) is 11.4 Å². The van der Waals surface area contributed by atoms with Gasteiger partial charge in [0.2, 0.25) is 9.84 Å². The Morgan fingerprint density at radius 3 is 2.49 bits per heavy atom. The summed E-state index contributed by atoms with van der Waals surface area (Å²) in [4.78, 5) is 15.7. The number of pyridine rings is 1. The molecule has 4 aromatic rings. The fourth-order valence-electron chi connectivity index (χ4n) is 3.11. The van der Waals surface area contributed by atoms with E-state index in [0.29, 0.717) is 34.3 Å². The van der Waals surface area contributed by atoms with Crippen molar-refractivity contribution < 1.29 is 35.5 Å². The quantitative estimate of drug-likeness (QED) is 0.367. The lowest BCUT2D eigenvalue weighted by molar-refractivity contribution is -0.153. The van der Waals surface area contributed by atoms with Crippen LogP contribution >= 0.6 is 0 Å². The molecule has 4 rings (SSSR count). The molecule has 35 heavy (non-hydrogen) atoms. The van der Waals surface area contributed by atoms with Gasteiger partial charge in [0.1, 0.15) is 11.6 Å². The number of carbonyl (C=O) groups is 1. The third-order valence-electron chi connectivity index (χ3n) is 4.80. The van der Waals surface area contributed by atoms with E-state index in [4.69, 9.17) is 0 Å². The van der Waals surface area contributed by atoms with Crippen molar-refractivity contribution in [2.24, 2.45) is 0 Å². The molecule has 0 radical (unpaired) electrons. The van der Waals surface area contributed by atoms with Gasteiger partial charge in [0.05, 0.1) is 21.6 Å². The summed E-state index contributed by atoms with van der Waals surface area (Å²) in [5.41, 5.74) is 1.42. The molecule has 2 aromatic heterocycles. The van der Waals surface area contributed by atoms with Crippen molar-refractivity contribution in [2.45, 2.75) is 22.5 Å². The maximum atomic E-state index is 13.9. The fourth-order valence-corrected chi connectivity index (χ4v) is 4.41. The largest absolute Gasteiger partial charge is 0.484 e. The number of sulfone groups is 1. The van der Waals surface area contributed by atoms with Crippen LogP contribution in [0.1, 0.15) is 15.9 Å². The second-order valence-corrected chi connectivity index (χ2v) is 9.34. The first-order valence-corrected chi connectivity index (χ1v) is 11.4. The van der Waals surface area contributed by atoms with E-state index in [1.165, 1.54) is 36.7 Å². The summed E-state index contributed by atoms with van der Waals surface area (Å²) >= 11 is 0. The lowest BCUT2D eigenvalue weighted by Crippen LogP contribution is -2.22. The van der Waals surface area contributed by atoms with Crippen molar-refractivity contribution in [3.05, 3.63) is 77.9 Å². The number of nitrogens with zero attached hydrogens (tertiary/aromatic N) is 2. The summed E-state index contributed by atoms with van der Waals surface area (Å²) in [6.07, 6.45) is -1.75. The molecule has 0 saturated heterocycles. The van der Waals surface area contributed by atoms with Gasteiger partial charge in [-0.05, 0) is 35.9 Å². The Morgan fingerprint density at radius 2 is 1.77 bits per heavy atom. The van der Waals surface area contributed by atoms with E-state index in [9.17, 15) is 30.8 Å². The van der Waals surface area contributed by atoms with Crippen LogP contribution in [-0.4, -0.2) is 42.3 Å². The molecule has 2 aromatic carbocycles. The number of halogens is 4. The third-order valence-corrected chi connectivity index (χ3v) is 6.55. The van der Waals surface area contributed by atoms with E-state index in [1.807, 2.05) is 0 Å². The average molecular weight is 508 g/mol. The zero-order valence-electron chi connectivity index (χ0n) is 17.6. The predicted molar refractivity (Wildman–Crippen MR) is 115 cm³/mol. The molecular formula is C22H16F4N4O4S. The molecule has 2 heterocycles. The number of amides is 1. The van der Waals surface area contributed by atoms with Gasteiger partial charge >= 0.3 is 6.18 Å². The number of H-pyrrole nitrogens is 1. The van der Waals surface area contributed by atoms with Crippen LogP contribution in [-0.2, 0) is 16.4 Å². The summed E-state index contributed by atoms with van der Waals surface area (Å²) < 4.78 is 81.2. The third kappa shape index (κ3) is 5.74. The standard InChI is InChI=1S/C22H16F4N4O4S/c23-16-6-17(34-12-22(24,25)26)8-19(7-16)35(32,33)18-3-1-13(2-4-18)9-28-21(31)15-5-14-11-29-30-20(14)27-10-15/h1-8,10-11H,9,12H2,(H,28,31)(H,27,29,30). The number of hydrogen-bond acceptors (Lipinski definition) is 6. The Labute approximate surface area is 195 Å². The van der Waals surface area contributed by atoms with E-state index in [1.54, 1.807) is 6.07 Å². The fraction of sp³-hybridized carbons (Fsp3) is 0.136. The summed E-state index contributed by atoms with van der Waals surface area (Å²) in [6.45, 7) is -1.61. The van der Waals surface area contributed by atoms with Gasteiger partial charge in [-0.1, -0.05) is 12.1 Å². The van der Waals surface area contributed by atoms with Crippen molar-refractivity contribution in [2.75, 3.05) is 6.61 Å². The highest BCUT2D eigenvalue weighted by atomic mass is 32.2. The smallest absolute Gasteiger partial charge is 0.422 e. The molecule has 0 unspecified atom stereocenters. The molecule has 2 N–H and O–H groups in total. The number of ether oxygens (including phenoxy) is 1. The first-order valence-electron chi connectivity index (χ1n) is 9.93. The van der Waals surface area contributed by atoms with E-state index >= 15 is 0 Å². The molecule has 0 aliphatic heterocycles. The monoisotopic (exact) mass is 508 g/mol. The van der Waals surface area contributed by atoms with Crippen molar-refractivity contribution in [1.29, 1.82) is 0 Å². The maximum absolute atomic E-state index is 13.9. The zero-order valence-corrected chi connectivity index (χ0v) is 18.5. The Balaban J connectivity index is 1.45. The lowest BCUT2D eigenvalue weighted by atomic mass is 10.2. The first kappa shape index (κ1) is 24.1. The van der Waals surface area contributed by atoms with Gasteiger partial charge in [-0.25, -0.2) is 17.8 Å². The Hall–Kier alpha value is -4.00. The van der Waals surface area contributed by atoms with Gasteiger partial charge in [-0.15, -0.1) is 0 Å². The SMILES string of the molecule is O=C(NCc1ccc(S(=O)(=O)c2cc(F)cc(OCC(F)(F)F)c2)cc1)c1cnc2[nH]ncc2c1. The summed E-state index contributed by atoms with van der Waals surface area (Å²) in [6, 6.07) is 9.18. The van der Waals surface area contributed by atoms with Crippen LogP contribution in [0, 0.1) is 5.82 Å². The van der Waals surface area contributed by atoms with Crippen molar-refractivity contribution in [3.8, 4) is 5.75 Å². The van der Waals surface area contributed by atoms with Crippen molar-refractivity contribution >= 4 is 26.8 Å². The number of fused-ring (bicyclic) bond motifs is 1. The van der Waals surface area contributed by atoms with Crippen LogP contribution < -0.4 is 10.1 Å². The Bertz CT molecular complexity index is 1490. The molecule has 0 spiro atoms. The highest BCUT2D eigenvalue weighted by Gasteiger charge is 2.29. The van der Waals surface area contributed by atoms with Crippen molar-refractivity contribution in [1.82, 2.24) is 20.5 Å². The van der Waals surface area contributed by atoms with E-state index in [0.717, 1.165) is 6.07 Å².